The summed E-state index contributed by atoms with van der Waals surface area (Å²) in [7, 11) is 0. The summed E-state index contributed by atoms with van der Waals surface area (Å²) in [5.41, 5.74) is 1.03. The Bertz CT molecular complexity index is 1330. The summed E-state index contributed by atoms with van der Waals surface area (Å²) in [6.45, 7) is 4.03. The number of hydrogen-bond acceptors (Lipinski definition) is 5. The number of nitrogens with one attached hydrogen (secondary N) is 1. The van der Waals surface area contributed by atoms with Gasteiger partial charge in [-0.1, -0.05) is 49.5 Å². The minimum Gasteiger partial charge on any atom is -0.342 e. The van der Waals surface area contributed by atoms with Crippen LogP contribution in [0.3, 0.4) is 0 Å². The van der Waals surface area contributed by atoms with Gasteiger partial charge in [0.1, 0.15) is 16.4 Å². The molecule has 1 aliphatic rings. The highest BCUT2D eigenvalue weighted by molar-refractivity contribution is 7.71. The van der Waals surface area contributed by atoms with Gasteiger partial charge in [0.15, 0.2) is 5.65 Å². The fourth-order valence-electron chi connectivity index (χ4n) is 3.90. The van der Waals surface area contributed by atoms with E-state index in [1.807, 2.05) is 30.3 Å². The second kappa shape index (κ2) is 7.08. The van der Waals surface area contributed by atoms with E-state index in [2.05, 4.69) is 38.9 Å². The standard InChI is InChI=1S/C22H21N5OS/c1-14-8-10-26(11-9-14)22-24-19-18(20(28)25-22)21(29)27(13-23-19)17-7-6-15-4-2-3-5-16(15)12-17/h2-7,12-14H,8-11H2,1H3,(H,24,25,28). The summed E-state index contributed by atoms with van der Waals surface area (Å²) < 4.78 is 2.18. The minimum atomic E-state index is -0.240. The molecule has 1 aliphatic heterocycles. The second-order valence-corrected chi connectivity index (χ2v) is 8.10. The van der Waals surface area contributed by atoms with Crippen molar-refractivity contribution < 1.29 is 0 Å². The van der Waals surface area contributed by atoms with Crippen molar-refractivity contribution >= 4 is 40.0 Å². The molecule has 0 amide bonds. The molecule has 7 heteroatoms. The number of piperidine rings is 1. The lowest BCUT2D eigenvalue weighted by Gasteiger charge is -2.30. The predicted octanol–water partition coefficient (Wildman–Crippen LogP) is 4.23. The van der Waals surface area contributed by atoms with E-state index in [1.165, 1.54) is 0 Å². The number of H-pyrrole nitrogens is 1. The van der Waals surface area contributed by atoms with Crippen LogP contribution in [0, 0.1) is 10.6 Å². The normalized spacial score (nSPS) is 15.3. The first-order chi connectivity index (χ1) is 14.1. The van der Waals surface area contributed by atoms with Crippen molar-refractivity contribution in [2.75, 3.05) is 18.0 Å². The van der Waals surface area contributed by atoms with Crippen molar-refractivity contribution in [1.82, 2.24) is 19.5 Å². The van der Waals surface area contributed by atoms with E-state index in [-0.39, 0.29) is 5.56 Å². The molecule has 0 spiro atoms. The lowest BCUT2D eigenvalue weighted by Crippen LogP contribution is -2.35. The van der Waals surface area contributed by atoms with Crippen LogP contribution in [-0.2, 0) is 0 Å². The maximum Gasteiger partial charge on any atom is 0.264 e. The summed E-state index contributed by atoms with van der Waals surface area (Å²) in [6.07, 6.45) is 3.85. The molecule has 1 N–H and O–H groups in total. The number of hydrogen-bond donors (Lipinski definition) is 1. The average molecular weight is 404 g/mol. The van der Waals surface area contributed by atoms with E-state index < -0.39 is 0 Å². The first-order valence-corrected chi connectivity index (χ1v) is 10.3. The highest BCUT2D eigenvalue weighted by Crippen LogP contribution is 2.22. The number of anilines is 1. The van der Waals surface area contributed by atoms with Crippen LogP contribution in [0.1, 0.15) is 19.8 Å². The number of rotatable bonds is 2. The molecule has 3 heterocycles. The highest BCUT2D eigenvalue weighted by Gasteiger charge is 2.19. The zero-order chi connectivity index (χ0) is 20.0. The van der Waals surface area contributed by atoms with Crippen molar-refractivity contribution in [1.29, 1.82) is 0 Å². The molecule has 2 aromatic carbocycles. The Kier molecular flexibility index (Phi) is 4.39. The van der Waals surface area contributed by atoms with Gasteiger partial charge in [-0.3, -0.25) is 14.3 Å². The molecule has 4 aromatic rings. The molecule has 0 bridgehead atoms. The lowest BCUT2D eigenvalue weighted by molar-refractivity contribution is 0.434. The van der Waals surface area contributed by atoms with E-state index in [9.17, 15) is 4.79 Å². The fourth-order valence-corrected chi connectivity index (χ4v) is 4.24. The van der Waals surface area contributed by atoms with Crippen LogP contribution in [0.5, 0.6) is 0 Å². The number of fused-ring (bicyclic) bond motifs is 2. The Morgan fingerprint density at radius 1 is 1.10 bits per heavy atom. The zero-order valence-corrected chi connectivity index (χ0v) is 16.9. The van der Waals surface area contributed by atoms with Gasteiger partial charge in [0, 0.05) is 18.8 Å². The molecule has 146 valence electrons. The van der Waals surface area contributed by atoms with E-state index in [1.54, 1.807) is 10.9 Å². The van der Waals surface area contributed by atoms with Gasteiger partial charge in [-0.2, -0.15) is 4.98 Å². The summed E-state index contributed by atoms with van der Waals surface area (Å²) in [4.78, 5) is 27.0. The van der Waals surface area contributed by atoms with Gasteiger partial charge >= 0.3 is 0 Å². The molecule has 6 nitrogen and oxygen atoms in total. The molecular formula is C22H21N5OS. The molecule has 1 saturated heterocycles. The molecule has 0 saturated carbocycles. The quantitative estimate of drug-likeness (QED) is 0.508. The first kappa shape index (κ1) is 18.0. The molecule has 2 aromatic heterocycles. The molecule has 0 radical (unpaired) electrons. The Balaban J connectivity index is 1.61. The van der Waals surface area contributed by atoms with Crippen molar-refractivity contribution in [2.45, 2.75) is 19.8 Å². The van der Waals surface area contributed by atoms with E-state index in [4.69, 9.17) is 12.2 Å². The molecular weight excluding hydrogens is 382 g/mol. The molecule has 1 fully saturated rings. The van der Waals surface area contributed by atoms with Gasteiger partial charge < -0.3 is 4.90 Å². The Hall–Kier alpha value is -3.06. The van der Waals surface area contributed by atoms with Crippen molar-refractivity contribution in [3.63, 3.8) is 0 Å². The van der Waals surface area contributed by atoms with Crippen LogP contribution < -0.4 is 10.5 Å². The molecule has 5 rings (SSSR count). The van der Waals surface area contributed by atoms with Crippen LogP contribution in [0.15, 0.2) is 53.6 Å². The van der Waals surface area contributed by atoms with Crippen LogP contribution >= 0.6 is 12.2 Å². The number of aromatic amines is 1. The number of benzene rings is 2. The third kappa shape index (κ3) is 3.21. The minimum absolute atomic E-state index is 0.240. The Morgan fingerprint density at radius 3 is 2.66 bits per heavy atom. The topological polar surface area (TPSA) is 66.8 Å². The van der Waals surface area contributed by atoms with Gasteiger partial charge in [-0.25, -0.2) is 4.98 Å². The predicted molar refractivity (Wildman–Crippen MR) is 118 cm³/mol. The van der Waals surface area contributed by atoms with E-state index in [0.29, 0.717) is 27.5 Å². The highest BCUT2D eigenvalue weighted by atomic mass is 32.1. The maximum atomic E-state index is 12.9. The van der Waals surface area contributed by atoms with Crippen molar-refractivity contribution in [3.05, 3.63) is 63.8 Å². The van der Waals surface area contributed by atoms with Crippen molar-refractivity contribution in [2.24, 2.45) is 5.92 Å². The Labute approximate surface area is 172 Å². The van der Waals surface area contributed by atoms with Gasteiger partial charge in [0.2, 0.25) is 5.95 Å². The monoisotopic (exact) mass is 403 g/mol. The average Bonchev–Trinajstić information content (AvgIpc) is 2.74. The van der Waals surface area contributed by atoms with E-state index >= 15 is 0 Å². The number of aromatic nitrogens is 4. The third-order valence-electron chi connectivity index (χ3n) is 5.71. The molecule has 0 atom stereocenters. The van der Waals surface area contributed by atoms with E-state index in [0.717, 1.165) is 42.4 Å². The fraction of sp³-hybridized carbons (Fsp3) is 0.273. The second-order valence-electron chi connectivity index (χ2n) is 7.71. The van der Waals surface area contributed by atoms with Gasteiger partial charge in [-0.15, -0.1) is 0 Å². The third-order valence-corrected chi connectivity index (χ3v) is 6.11. The molecule has 29 heavy (non-hydrogen) atoms. The zero-order valence-electron chi connectivity index (χ0n) is 16.1. The summed E-state index contributed by atoms with van der Waals surface area (Å²) in [5.74, 6) is 1.29. The van der Waals surface area contributed by atoms with Crippen LogP contribution in [0.2, 0.25) is 0 Å². The molecule has 0 unspecified atom stereocenters. The smallest absolute Gasteiger partial charge is 0.264 e. The SMILES string of the molecule is CC1CCN(c2nc3ncn(-c4ccc5ccccc5c4)c(=S)c3c(=O)[nH]2)CC1. The van der Waals surface area contributed by atoms with Crippen LogP contribution in [0.4, 0.5) is 5.95 Å². The molecule has 0 aliphatic carbocycles. The van der Waals surface area contributed by atoms with Gasteiger partial charge in [-0.05, 0) is 41.7 Å². The van der Waals surface area contributed by atoms with Crippen molar-refractivity contribution in [3.8, 4) is 5.69 Å². The number of nitrogens with zero attached hydrogens (tertiary/aromatic N) is 4. The summed E-state index contributed by atoms with van der Waals surface area (Å²) in [5, 5.41) is 2.61. The van der Waals surface area contributed by atoms with Crippen LogP contribution in [0.25, 0.3) is 27.5 Å². The van der Waals surface area contributed by atoms with Gasteiger partial charge in [0.25, 0.3) is 5.56 Å². The first-order valence-electron chi connectivity index (χ1n) is 9.86. The van der Waals surface area contributed by atoms with Gasteiger partial charge in [0.05, 0.1) is 0 Å². The largest absolute Gasteiger partial charge is 0.342 e. The summed E-state index contributed by atoms with van der Waals surface area (Å²) in [6, 6.07) is 14.2. The van der Waals surface area contributed by atoms with Crippen LogP contribution in [-0.4, -0.2) is 32.6 Å². The summed E-state index contributed by atoms with van der Waals surface area (Å²) >= 11 is 5.65. The lowest BCUT2D eigenvalue weighted by atomic mass is 10.00. The Morgan fingerprint density at radius 2 is 1.86 bits per heavy atom. The maximum absolute atomic E-state index is 12.9.